The molecule has 2 rings (SSSR count). The average molecular weight is 262 g/mol. The molecule has 0 heterocycles. The van der Waals surface area contributed by atoms with Gasteiger partial charge in [0.05, 0.1) is 13.2 Å². The molecule has 1 fully saturated rings. The zero-order chi connectivity index (χ0) is 13.8. The molecule has 0 aromatic heterocycles. The molecule has 1 atom stereocenters. The summed E-state index contributed by atoms with van der Waals surface area (Å²) >= 11 is 0. The maximum Gasteiger partial charge on any atom is 0.122 e. The lowest BCUT2D eigenvalue weighted by molar-refractivity contribution is 0.0727. The molecule has 0 amide bonds. The van der Waals surface area contributed by atoms with E-state index in [2.05, 4.69) is 6.92 Å². The van der Waals surface area contributed by atoms with Gasteiger partial charge in [0.2, 0.25) is 0 Å². The molecular formula is C17H26O2. The number of hydrogen-bond acceptors (Lipinski definition) is 2. The predicted molar refractivity (Wildman–Crippen MR) is 78.4 cm³/mol. The summed E-state index contributed by atoms with van der Waals surface area (Å²) in [6.45, 7) is 4.30. The van der Waals surface area contributed by atoms with Crippen molar-refractivity contribution in [1.29, 1.82) is 0 Å². The number of hydrogen-bond donors (Lipinski definition) is 1. The highest BCUT2D eigenvalue weighted by molar-refractivity contribution is 5.37. The van der Waals surface area contributed by atoms with E-state index in [1.807, 2.05) is 25.1 Å². The SMILES string of the molecule is CCC1CCC(C(O)c2ccc(C)c(OC)c2)CC1. The number of methoxy groups -OCH3 is 1. The van der Waals surface area contributed by atoms with Crippen LogP contribution >= 0.6 is 0 Å². The Bertz CT molecular complexity index is 406. The molecule has 1 aliphatic rings. The van der Waals surface area contributed by atoms with Gasteiger partial charge in [-0.2, -0.15) is 0 Å². The lowest BCUT2D eigenvalue weighted by Crippen LogP contribution is -2.20. The molecule has 1 saturated carbocycles. The summed E-state index contributed by atoms with van der Waals surface area (Å²) in [6, 6.07) is 6.06. The third kappa shape index (κ3) is 3.30. The van der Waals surface area contributed by atoms with Crippen molar-refractivity contribution in [3.8, 4) is 5.75 Å². The highest BCUT2D eigenvalue weighted by atomic mass is 16.5. The van der Waals surface area contributed by atoms with E-state index >= 15 is 0 Å². The molecule has 0 saturated heterocycles. The lowest BCUT2D eigenvalue weighted by atomic mass is 9.77. The van der Waals surface area contributed by atoms with Gasteiger partial charge in [-0.3, -0.25) is 0 Å². The monoisotopic (exact) mass is 262 g/mol. The van der Waals surface area contributed by atoms with Gasteiger partial charge < -0.3 is 9.84 Å². The Morgan fingerprint density at radius 3 is 2.53 bits per heavy atom. The van der Waals surface area contributed by atoms with Gasteiger partial charge in [-0.05, 0) is 48.8 Å². The summed E-state index contributed by atoms with van der Waals surface area (Å²) in [5.74, 6) is 2.16. The summed E-state index contributed by atoms with van der Waals surface area (Å²) in [5, 5.41) is 10.6. The molecule has 0 aliphatic heterocycles. The second kappa shape index (κ2) is 6.42. The van der Waals surface area contributed by atoms with Crippen LogP contribution in [0.4, 0.5) is 0 Å². The molecular weight excluding hydrogens is 236 g/mol. The van der Waals surface area contributed by atoms with Crippen molar-refractivity contribution in [1.82, 2.24) is 0 Å². The molecule has 1 unspecified atom stereocenters. The van der Waals surface area contributed by atoms with Crippen molar-refractivity contribution in [3.05, 3.63) is 29.3 Å². The molecule has 0 spiro atoms. The van der Waals surface area contributed by atoms with Crippen LogP contribution in [0.2, 0.25) is 0 Å². The molecule has 1 aromatic carbocycles. The van der Waals surface area contributed by atoms with Crippen molar-refractivity contribution in [2.45, 2.75) is 52.1 Å². The maximum absolute atomic E-state index is 10.6. The van der Waals surface area contributed by atoms with E-state index in [0.717, 1.165) is 35.6 Å². The Morgan fingerprint density at radius 2 is 1.95 bits per heavy atom. The smallest absolute Gasteiger partial charge is 0.122 e. The van der Waals surface area contributed by atoms with Crippen molar-refractivity contribution in [3.63, 3.8) is 0 Å². The third-order valence-electron chi connectivity index (χ3n) is 4.69. The van der Waals surface area contributed by atoms with Crippen LogP contribution in [0, 0.1) is 18.8 Å². The van der Waals surface area contributed by atoms with Crippen molar-refractivity contribution >= 4 is 0 Å². The molecule has 1 aliphatic carbocycles. The number of benzene rings is 1. The second-order valence-electron chi connectivity index (χ2n) is 5.86. The second-order valence-corrected chi connectivity index (χ2v) is 5.86. The molecule has 1 N–H and O–H groups in total. The normalized spacial score (nSPS) is 25.1. The van der Waals surface area contributed by atoms with E-state index in [9.17, 15) is 5.11 Å². The molecule has 2 nitrogen and oxygen atoms in total. The van der Waals surface area contributed by atoms with E-state index in [0.29, 0.717) is 5.92 Å². The van der Waals surface area contributed by atoms with Crippen LogP contribution < -0.4 is 4.74 Å². The minimum Gasteiger partial charge on any atom is -0.496 e. The number of aliphatic hydroxyl groups excluding tert-OH is 1. The Morgan fingerprint density at radius 1 is 1.26 bits per heavy atom. The molecule has 0 radical (unpaired) electrons. The Hall–Kier alpha value is -1.02. The number of rotatable bonds is 4. The van der Waals surface area contributed by atoms with Crippen LogP contribution in [0.5, 0.6) is 5.75 Å². The first kappa shape index (κ1) is 14.4. The van der Waals surface area contributed by atoms with Gasteiger partial charge in [0.1, 0.15) is 5.75 Å². The van der Waals surface area contributed by atoms with Crippen LogP contribution in [0.3, 0.4) is 0 Å². The van der Waals surface area contributed by atoms with Crippen LogP contribution in [0.25, 0.3) is 0 Å². The van der Waals surface area contributed by atoms with E-state index < -0.39 is 0 Å². The van der Waals surface area contributed by atoms with Crippen LogP contribution in [-0.2, 0) is 0 Å². The maximum atomic E-state index is 10.6. The van der Waals surface area contributed by atoms with Gasteiger partial charge in [-0.1, -0.05) is 38.3 Å². The number of ether oxygens (including phenoxy) is 1. The fourth-order valence-corrected chi connectivity index (χ4v) is 3.20. The van der Waals surface area contributed by atoms with E-state index in [1.165, 1.54) is 19.3 Å². The van der Waals surface area contributed by atoms with Gasteiger partial charge in [0.25, 0.3) is 0 Å². The summed E-state index contributed by atoms with van der Waals surface area (Å²) < 4.78 is 5.35. The quantitative estimate of drug-likeness (QED) is 0.878. The van der Waals surface area contributed by atoms with Gasteiger partial charge >= 0.3 is 0 Å². The average Bonchev–Trinajstić information content (AvgIpc) is 2.47. The van der Waals surface area contributed by atoms with Gasteiger partial charge in [0, 0.05) is 0 Å². The zero-order valence-electron chi connectivity index (χ0n) is 12.4. The minimum absolute atomic E-state index is 0.340. The standard InChI is InChI=1S/C17H26O2/c1-4-13-6-9-14(10-7-13)17(18)15-8-5-12(2)16(11-15)19-3/h5,8,11,13-14,17-18H,4,6-7,9-10H2,1-3H3. The van der Waals surface area contributed by atoms with Crippen molar-refractivity contribution in [2.75, 3.05) is 7.11 Å². The van der Waals surface area contributed by atoms with Gasteiger partial charge in [0.15, 0.2) is 0 Å². The lowest BCUT2D eigenvalue weighted by Gasteiger charge is -2.31. The topological polar surface area (TPSA) is 29.5 Å². The first-order chi connectivity index (χ1) is 9.15. The van der Waals surface area contributed by atoms with Crippen molar-refractivity contribution < 1.29 is 9.84 Å². The molecule has 1 aromatic rings. The molecule has 106 valence electrons. The van der Waals surface area contributed by atoms with Crippen LogP contribution in [0.15, 0.2) is 18.2 Å². The summed E-state index contributed by atoms with van der Waals surface area (Å²) in [7, 11) is 1.69. The zero-order valence-corrected chi connectivity index (χ0v) is 12.4. The third-order valence-corrected chi connectivity index (χ3v) is 4.69. The molecule has 19 heavy (non-hydrogen) atoms. The number of aliphatic hydroxyl groups is 1. The Balaban J connectivity index is 2.05. The van der Waals surface area contributed by atoms with Crippen LogP contribution in [-0.4, -0.2) is 12.2 Å². The Labute approximate surface area is 116 Å². The summed E-state index contributed by atoms with van der Waals surface area (Å²) in [5.41, 5.74) is 2.12. The Kier molecular flexibility index (Phi) is 4.87. The minimum atomic E-state index is -0.340. The largest absolute Gasteiger partial charge is 0.496 e. The molecule has 0 bridgehead atoms. The van der Waals surface area contributed by atoms with Gasteiger partial charge in [-0.25, -0.2) is 0 Å². The van der Waals surface area contributed by atoms with Gasteiger partial charge in [-0.15, -0.1) is 0 Å². The van der Waals surface area contributed by atoms with E-state index in [-0.39, 0.29) is 6.10 Å². The first-order valence-electron chi connectivity index (χ1n) is 7.48. The van der Waals surface area contributed by atoms with E-state index in [1.54, 1.807) is 7.11 Å². The number of aryl methyl sites for hydroxylation is 1. The van der Waals surface area contributed by atoms with Crippen LogP contribution in [0.1, 0.15) is 56.3 Å². The predicted octanol–water partition coefficient (Wildman–Crippen LogP) is 4.25. The first-order valence-corrected chi connectivity index (χ1v) is 7.48. The fourth-order valence-electron chi connectivity index (χ4n) is 3.20. The highest BCUT2D eigenvalue weighted by Gasteiger charge is 2.26. The fraction of sp³-hybridized carbons (Fsp3) is 0.647. The summed E-state index contributed by atoms with van der Waals surface area (Å²) in [6.07, 6.45) is 5.77. The highest BCUT2D eigenvalue weighted by Crippen LogP contribution is 2.38. The molecule has 2 heteroatoms. The van der Waals surface area contributed by atoms with E-state index in [4.69, 9.17) is 4.74 Å². The van der Waals surface area contributed by atoms with Crippen molar-refractivity contribution in [2.24, 2.45) is 11.8 Å². The summed E-state index contributed by atoms with van der Waals surface area (Å²) in [4.78, 5) is 0.